The van der Waals surface area contributed by atoms with E-state index in [-0.39, 0.29) is 5.75 Å². The van der Waals surface area contributed by atoms with E-state index < -0.39 is 11.9 Å². The fourth-order valence-corrected chi connectivity index (χ4v) is 3.01. The van der Waals surface area contributed by atoms with E-state index >= 15 is 0 Å². The molecule has 0 atom stereocenters. The van der Waals surface area contributed by atoms with Crippen molar-refractivity contribution < 1.29 is 23.8 Å². The zero-order valence-corrected chi connectivity index (χ0v) is 19.0. The second-order valence-electron chi connectivity index (χ2n) is 6.85. The van der Waals surface area contributed by atoms with E-state index in [1.54, 1.807) is 66.7 Å². The van der Waals surface area contributed by atoms with Gasteiger partial charge in [0.1, 0.15) is 5.75 Å². The van der Waals surface area contributed by atoms with Crippen LogP contribution in [0.5, 0.6) is 17.2 Å². The summed E-state index contributed by atoms with van der Waals surface area (Å²) in [5.41, 5.74) is 3.75. The van der Waals surface area contributed by atoms with Crippen molar-refractivity contribution in [3.05, 3.63) is 88.4 Å². The average molecular weight is 467 g/mol. The van der Waals surface area contributed by atoms with Gasteiger partial charge in [0, 0.05) is 0 Å². The molecule has 33 heavy (non-hydrogen) atoms. The topological polar surface area (TPSA) is 86.2 Å². The number of nitrogens with zero attached hydrogens (tertiary/aromatic N) is 1. The van der Waals surface area contributed by atoms with E-state index in [0.717, 1.165) is 6.42 Å². The van der Waals surface area contributed by atoms with Gasteiger partial charge >= 0.3 is 5.97 Å². The Morgan fingerprint density at radius 3 is 2.48 bits per heavy atom. The van der Waals surface area contributed by atoms with Crippen molar-refractivity contribution in [1.29, 1.82) is 0 Å². The van der Waals surface area contributed by atoms with E-state index in [9.17, 15) is 9.59 Å². The Labute approximate surface area is 196 Å². The highest BCUT2D eigenvalue weighted by Gasteiger charge is 2.13. The van der Waals surface area contributed by atoms with Crippen LogP contribution in [0.2, 0.25) is 5.02 Å². The van der Waals surface area contributed by atoms with E-state index in [4.69, 9.17) is 25.8 Å². The molecule has 8 heteroatoms. The Morgan fingerprint density at radius 1 is 1.03 bits per heavy atom. The zero-order chi connectivity index (χ0) is 23.6. The summed E-state index contributed by atoms with van der Waals surface area (Å²) in [4.78, 5) is 24.7. The van der Waals surface area contributed by atoms with Gasteiger partial charge in [0.15, 0.2) is 11.5 Å². The van der Waals surface area contributed by atoms with Gasteiger partial charge in [0.05, 0.1) is 36.1 Å². The Hall–Kier alpha value is -3.84. The number of nitrogens with one attached hydrogen (secondary N) is 1. The molecule has 0 aliphatic heterocycles. The number of amides is 1. The number of ether oxygens (including phenoxy) is 3. The van der Waals surface area contributed by atoms with Crippen LogP contribution in [0.25, 0.3) is 0 Å². The van der Waals surface area contributed by atoms with Crippen LogP contribution in [0.1, 0.15) is 39.6 Å². The molecule has 3 aromatic rings. The van der Waals surface area contributed by atoms with Crippen LogP contribution in [-0.2, 0) is 0 Å². The van der Waals surface area contributed by atoms with Crippen LogP contribution in [0.15, 0.2) is 71.8 Å². The number of hydrogen-bond acceptors (Lipinski definition) is 6. The van der Waals surface area contributed by atoms with Gasteiger partial charge in [-0.05, 0) is 66.6 Å². The van der Waals surface area contributed by atoms with Crippen molar-refractivity contribution in [2.45, 2.75) is 13.3 Å². The van der Waals surface area contributed by atoms with Gasteiger partial charge in [-0.3, -0.25) is 4.79 Å². The highest BCUT2D eigenvalue weighted by molar-refractivity contribution is 6.33. The molecule has 0 saturated heterocycles. The van der Waals surface area contributed by atoms with Crippen molar-refractivity contribution in [2.75, 3.05) is 13.7 Å². The molecule has 0 fully saturated rings. The first-order valence-electron chi connectivity index (χ1n) is 10.2. The number of carbonyl (C=O) groups excluding carboxylic acids is 2. The minimum absolute atomic E-state index is 0.256. The Bertz CT molecular complexity index is 1150. The third kappa shape index (κ3) is 6.57. The largest absolute Gasteiger partial charge is 0.494 e. The lowest BCUT2D eigenvalue weighted by Crippen LogP contribution is -2.17. The van der Waals surface area contributed by atoms with Crippen molar-refractivity contribution in [1.82, 2.24) is 5.43 Å². The molecule has 0 aromatic heterocycles. The molecule has 0 spiro atoms. The summed E-state index contributed by atoms with van der Waals surface area (Å²) >= 11 is 6.01. The first-order valence-corrected chi connectivity index (χ1v) is 10.6. The molecule has 0 aliphatic rings. The summed E-state index contributed by atoms with van der Waals surface area (Å²) < 4.78 is 16.3. The number of esters is 1. The van der Waals surface area contributed by atoms with Crippen LogP contribution in [0.3, 0.4) is 0 Å². The second kappa shape index (κ2) is 11.7. The number of halogens is 1. The average Bonchev–Trinajstić information content (AvgIpc) is 2.84. The monoisotopic (exact) mass is 466 g/mol. The predicted molar refractivity (Wildman–Crippen MR) is 127 cm³/mol. The molecule has 170 valence electrons. The number of methoxy groups -OCH3 is 1. The normalized spacial score (nSPS) is 10.6. The number of rotatable bonds is 9. The Morgan fingerprint density at radius 2 is 1.79 bits per heavy atom. The third-order valence-electron chi connectivity index (χ3n) is 4.45. The first-order chi connectivity index (χ1) is 16.0. The Kier molecular flexibility index (Phi) is 8.43. The van der Waals surface area contributed by atoms with Crippen LogP contribution in [-0.4, -0.2) is 31.8 Å². The standard InChI is InChI=1S/C25H23ClN2O5/c1-3-14-32-19-11-9-18(10-12-19)25(30)33-22-13-8-17(15-23(22)31-2)16-27-28-24(29)20-6-4-5-7-21(20)26/h4-13,15-16H,3,14H2,1-2H3,(H,28,29)/b27-16-. The summed E-state index contributed by atoms with van der Waals surface area (Å²) in [6.07, 6.45) is 2.34. The molecule has 0 heterocycles. The van der Waals surface area contributed by atoms with E-state index in [1.165, 1.54) is 13.3 Å². The van der Waals surface area contributed by atoms with Crippen molar-refractivity contribution in [3.63, 3.8) is 0 Å². The molecule has 3 aromatic carbocycles. The van der Waals surface area contributed by atoms with Gasteiger partial charge in [-0.1, -0.05) is 30.7 Å². The van der Waals surface area contributed by atoms with Crippen LogP contribution in [0.4, 0.5) is 0 Å². The number of hydrogen-bond donors (Lipinski definition) is 1. The van der Waals surface area contributed by atoms with Gasteiger partial charge in [0.25, 0.3) is 5.91 Å². The lowest BCUT2D eigenvalue weighted by atomic mass is 10.2. The fourth-order valence-electron chi connectivity index (χ4n) is 2.79. The molecule has 1 amide bonds. The molecule has 0 saturated carbocycles. The molecular formula is C25H23ClN2O5. The van der Waals surface area contributed by atoms with E-state index in [2.05, 4.69) is 10.5 Å². The number of benzene rings is 3. The van der Waals surface area contributed by atoms with Gasteiger partial charge in [-0.2, -0.15) is 5.10 Å². The fraction of sp³-hybridized carbons (Fsp3) is 0.160. The summed E-state index contributed by atoms with van der Waals surface area (Å²) in [6.45, 7) is 2.63. The summed E-state index contributed by atoms with van der Waals surface area (Å²) in [7, 11) is 1.46. The summed E-state index contributed by atoms with van der Waals surface area (Å²) in [5.74, 6) is 0.333. The van der Waals surface area contributed by atoms with Gasteiger partial charge < -0.3 is 14.2 Å². The maximum atomic E-state index is 12.5. The second-order valence-corrected chi connectivity index (χ2v) is 7.26. The van der Waals surface area contributed by atoms with Gasteiger partial charge in [-0.15, -0.1) is 0 Å². The van der Waals surface area contributed by atoms with Crippen molar-refractivity contribution in [2.24, 2.45) is 5.10 Å². The number of hydrazone groups is 1. The van der Waals surface area contributed by atoms with Crippen LogP contribution >= 0.6 is 11.6 Å². The minimum atomic E-state index is -0.524. The van der Waals surface area contributed by atoms with Crippen LogP contribution in [0, 0.1) is 0 Å². The minimum Gasteiger partial charge on any atom is -0.494 e. The summed E-state index contributed by atoms with van der Waals surface area (Å²) in [5, 5.41) is 4.28. The number of carbonyl (C=O) groups is 2. The molecule has 0 radical (unpaired) electrons. The molecule has 1 N–H and O–H groups in total. The lowest BCUT2D eigenvalue weighted by molar-refractivity contribution is 0.0729. The highest BCUT2D eigenvalue weighted by atomic mass is 35.5. The van der Waals surface area contributed by atoms with E-state index in [0.29, 0.717) is 39.8 Å². The first kappa shape index (κ1) is 23.8. The Balaban J connectivity index is 1.64. The predicted octanol–water partition coefficient (Wildman–Crippen LogP) is 5.12. The third-order valence-corrected chi connectivity index (χ3v) is 4.78. The summed E-state index contributed by atoms with van der Waals surface area (Å²) in [6, 6.07) is 18.3. The highest BCUT2D eigenvalue weighted by Crippen LogP contribution is 2.28. The lowest BCUT2D eigenvalue weighted by Gasteiger charge is -2.10. The maximum Gasteiger partial charge on any atom is 0.343 e. The van der Waals surface area contributed by atoms with Crippen molar-refractivity contribution >= 4 is 29.7 Å². The maximum absolute atomic E-state index is 12.5. The zero-order valence-electron chi connectivity index (χ0n) is 18.2. The molecule has 3 rings (SSSR count). The quantitative estimate of drug-likeness (QED) is 0.205. The van der Waals surface area contributed by atoms with Gasteiger partial charge in [-0.25, -0.2) is 10.2 Å². The van der Waals surface area contributed by atoms with Gasteiger partial charge in [0.2, 0.25) is 0 Å². The molecule has 7 nitrogen and oxygen atoms in total. The molecule has 0 bridgehead atoms. The molecular weight excluding hydrogens is 444 g/mol. The van der Waals surface area contributed by atoms with E-state index in [1.807, 2.05) is 6.92 Å². The van der Waals surface area contributed by atoms with Crippen molar-refractivity contribution in [3.8, 4) is 17.2 Å². The molecule has 0 aliphatic carbocycles. The SMILES string of the molecule is CCCOc1ccc(C(=O)Oc2ccc(/C=N\NC(=O)c3ccccc3Cl)cc2OC)cc1. The molecule has 0 unspecified atom stereocenters. The smallest absolute Gasteiger partial charge is 0.343 e. The van der Waals surface area contributed by atoms with Crippen LogP contribution < -0.4 is 19.6 Å².